The largest absolute Gasteiger partial charge is 0.493 e. The second-order valence-corrected chi connectivity index (χ2v) is 5.49. The highest BCUT2D eigenvalue weighted by Gasteiger charge is 2.46. The van der Waals surface area contributed by atoms with Gasteiger partial charge in [0.15, 0.2) is 0 Å². The fraction of sp³-hybridized carbons (Fsp3) is 0.294. The second kappa shape index (κ2) is 5.08. The quantitative estimate of drug-likeness (QED) is 0.748. The molecule has 1 saturated carbocycles. The van der Waals surface area contributed by atoms with Gasteiger partial charge in [-0.3, -0.25) is 0 Å². The molecule has 0 bridgehead atoms. The molecule has 0 atom stereocenters. The van der Waals surface area contributed by atoms with Gasteiger partial charge in [-0.25, -0.2) is 0 Å². The summed E-state index contributed by atoms with van der Waals surface area (Å²) in [6, 6.07) is 15.6. The van der Waals surface area contributed by atoms with Crippen LogP contribution in [0.2, 0.25) is 0 Å². The maximum atomic E-state index is 10.9. The number of aryl methyl sites for hydroxylation is 1. The number of hydrogen-bond acceptors (Lipinski definition) is 3. The Morgan fingerprint density at radius 1 is 1.15 bits per heavy atom. The topological polar surface area (TPSA) is 38.7 Å². The third-order valence-corrected chi connectivity index (χ3v) is 3.93. The van der Waals surface area contributed by atoms with Gasteiger partial charge in [0.25, 0.3) is 0 Å². The lowest BCUT2D eigenvalue weighted by Crippen LogP contribution is -2.17. The highest BCUT2D eigenvalue weighted by molar-refractivity contribution is 5.52. The first-order chi connectivity index (χ1) is 9.73. The Bertz CT molecular complexity index is 632. The van der Waals surface area contributed by atoms with Crippen LogP contribution in [0.3, 0.4) is 0 Å². The molecule has 0 aliphatic heterocycles. The van der Waals surface area contributed by atoms with Gasteiger partial charge in [0.1, 0.15) is 11.4 Å². The van der Waals surface area contributed by atoms with Crippen molar-refractivity contribution in [2.24, 2.45) is 5.18 Å². The Labute approximate surface area is 118 Å². The van der Waals surface area contributed by atoms with Gasteiger partial charge in [0.2, 0.25) is 0 Å². The molecule has 0 heterocycles. The first-order valence-electron chi connectivity index (χ1n) is 6.86. The molecule has 2 aromatic carbocycles. The van der Waals surface area contributed by atoms with Gasteiger partial charge < -0.3 is 4.74 Å². The van der Waals surface area contributed by atoms with E-state index in [1.807, 2.05) is 49.4 Å². The third-order valence-electron chi connectivity index (χ3n) is 3.93. The lowest BCUT2D eigenvalue weighted by atomic mass is 9.95. The molecule has 1 aliphatic carbocycles. The van der Waals surface area contributed by atoms with Crippen molar-refractivity contribution in [3.8, 4) is 5.75 Å². The summed E-state index contributed by atoms with van der Waals surface area (Å²) in [5.41, 5.74) is 2.71. The van der Waals surface area contributed by atoms with E-state index in [1.54, 1.807) is 6.07 Å². The molecule has 0 radical (unpaired) electrons. The Balaban J connectivity index is 1.78. The van der Waals surface area contributed by atoms with E-state index >= 15 is 0 Å². The van der Waals surface area contributed by atoms with E-state index in [4.69, 9.17) is 4.74 Å². The minimum absolute atomic E-state index is 0.0335. The minimum atomic E-state index is -0.0335. The van der Waals surface area contributed by atoms with Crippen LogP contribution in [0.1, 0.15) is 24.0 Å². The average Bonchev–Trinajstić information content (AvgIpc) is 3.26. The monoisotopic (exact) mass is 267 g/mol. The normalized spacial score (nSPS) is 15.7. The summed E-state index contributed by atoms with van der Waals surface area (Å²) in [5, 5.41) is 3.14. The van der Waals surface area contributed by atoms with Gasteiger partial charge in [-0.1, -0.05) is 30.3 Å². The lowest BCUT2D eigenvalue weighted by Gasteiger charge is -2.18. The van der Waals surface area contributed by atoms with Crippen molar-refractivity contribution in [2.75, 3.05) is 6.61 Å². The van der Waals surface area contributed by atoms with Crippen LogP contribution in [0, 0.1) is 11.8 Å². The van der Waals surface area contributed by atoms with Crippen LogP contribution in [0.15, 0.2) is 53.7 Å². The average molecular weight is 267 g/mol. The Morgan fingerprint density at radius 2 is 1.95 bits per heavy atom. The van der Waals surface area contributed by atoms with E-state index in [1.165, 1.54) is 5.56 Å². The number of benzene rings is 2. The maximum absolute atomic E-state index is 10.9. The fourth-order valence-corrected chi connectivity index (χ4v) is 2.57. The molecule has 0 aromatic heterocycles. The molecular weight excluding hydrogens is 250 g/mol. The van der Waals surface area contributed by atoms with E-state index in [9.17, 15) is 4.91 Å². The van der Waals surface area contributed by atoms with Crippen LogP contribution in [0.4, 0.5) is 5.69 Å². The zero-order valence-corrected chi connectivity index (χ0v) is 11.5. The zero-order chi connectivity index (χ0) is 14.0. The molecule has 1 aliphatic rings. The van der Waals surface area contributed by atoms with Crippen LogP contribution in [0.5, 0.6) is 5.75 Å². The number of ether oxygens (including phenoxy) is 1. The summed E-state index contributed by atoms with van der Waals surface area (Å²) in [7, 11) is 0. The van der Waals surface area contributed by atoms with Crippen LogP contribution >= 0.6 is 0 Å². The summed E-state index contributed by atoms with van der Waals surface area (Å²) >= 11 is 0. The van der Waals surface area contributed by atoms with E-state index in [2.05, 4.69) is 5.18 Å². The van der Waals surface area contributed by atoms with E-state index in [0.29, 0.717) is 12.3 Å². The molecule has 1 fully saturated rings. The smallest absolute Gasteiger partial charge is 0.119 e. The number of rotatable bonds is 5. The van der Waals surface area contributed by atoms with Crippen molar-refractivity contribution in [3.05, 3.63) is 64.6 Å². The summed E-state index contributed by atoms with van der Waals surface area (Å²) < 4.78 is 5.92. The minimum Gasteiger partial charge on any atom is -0.493 e. The number of nitrogens with zero attached hydrogens (tertiary/aromatic N) is 1. The summed E-state index contributed by atoms with van der Waals surface area (Å²) in [5.74, 6) is 0.882. The standard InChI is InChI=1S/C17H17NO2/c1-13-5-4-6-14(11-13)20-12-17(9-10-17)15-7-2-3-8-16(15)18-19/h2-8,11H,9-10,12H2,1H3. The summed E-state index contributed by atoms with van der Waals surface area (Å²) in [6.45, 7) is 2.65. The van der Waals surface area contributed by atoms with Crippen LogP contribution < -0.4 is 4.74 Å². The first-order valence-corrected chi connectivity index (χ1v) is 6.86. The lowest BCUT2D eigenvalue weighted by molar-refractivity contribution is 0.278. The molecule has 2 aromatic rings. The van der Waals surface area contributed by atoms with E-state index in [0.717, 1.165) is 24.2 Å². The van der Waals surface area contributed by atoms with Gasteiger partial charge in [-0.2, -0.15) is 0 Å². The maximum Gasteiger partial charge on any atom is 0.119 e. The van der Waals surface area contributed by atoms with Crippen molar-refractivity contribution in [3.63, 3.8) is 0 Å². The molecule has 102 valence electrons. The molecule has 0 spiro atoms. The van der Waals surface area contributed by atoms with Gasteiger partial charge in [-0.15, -0.1) is 4.91 Å². The van der Waals surface area contributed by atoms with Crippen molar-refractivity contribution >= 4 is 5.69 Å². The van der Waals surface area contributed by atoms with Crippen LogP contribution in [-0.4, -0.2) is 6.61 Å². The third kappa shape index (κ3) is 2.44. The molecule has 0 unspecified atom stereocenters. The number of hydrogen-bond donors (Lipinski definition) is 0. The molecule has 20 heavy (non-hydrogen) atoms. The Morgan fingerprint density at radius 3 is 2.65 bits per heavy atom. The highest BCUT2D eigenvalue weighted by atomic mass is 16.5. The predicted molar refractivity (Wildman–Crippen MR) is 79.5 cm³/mol. The first kappa shape index (κ1) is 12.9. The molecular formula is C17H17NO2. The van der Waals surface area contributed by atoms with E-state index in [-0.39, 0.29) is 5.41 Å². The van der Waals surface area contributed by atoms with Gasteiger partial charge in [-0.05, 0) is 54.3 Å². The van der Waals surface area contributed by atoms with Gasteiger partial charge in [0.05, 0.1) is 6.61 Å². The predicted octanol–water partition coefficient (Wildman–Crippen LogP) is 4.50. The zero-order valence-electron chi connectivity index (χ0n) is 11.5. The fourth-order valence-electron chi connectivity index (χ4n) is 2.57. The van der Waals surface area contributed by atoms with Crippen molar-refractivity contribution < 1.29 is 4.74 Å². The SMILES string of the molecule is Cc1cccc(OCC2(c3ccccc3N=O)CC2)c1. The molecule has 3 heteroatoms. The second-order valence-electron chi connectivity index (χ2n) is 5.49. The van der Waals surface area contributed by atoms with Gasteiger partial charge in [0, 0.05) is 5.41 Å². The molecule has 0 N–H and O–H groups in total. The van der Waals surface area contributed by atoms with Crippen molar-refractivity contribution in [1.29, 1.82) is 0 Å². The van der Waals surface area contributed by atoms with E-state index < -0.39 is 0 Å². The molecule has 0 saturated heterocycles. The van der Waals surface area contributed by atoms with Crippen molar-refractivity contribution in [2.45, 2.75) is 25.2 Å². The molecule has 0 amide bonds. The molecule has 3 nitrogen and oxygen atoms in total. The molecule has 3 rings (SSSR count). The highest BCUT2D eigenvalue weighted by Crippen LogP contribution is 2.51. The van der Waals surface area contributed by atoms with Crippen molar-refractivity contribution in [1.82, 2.24) is 0 Å². The number of nitroso groups, excluding NO2 is 1. The van der Waals surface area contributed by atoms with Crippen LogP contribution in [-0.2, 0) is 5.41 Å². The van der Waals surface area contributed by atoms with Crippen LogP contribution in [0.25, 0.3) is 0 Å². The Kier molecular flexibility index (Phi) is 3.26. The summed E-state index contributed by atoms with van der Waals surface area (Å²) in [6.07, 6.45) is 2.09. The van der Waals surface area contributed by atoms with Gasteiger partial charge >= 0.3 is 0 Å². The Hall–Kier alpha value is -2.16. The summed E-state index contributed by atoms with van der Waals surface area (Å²) in [4.78, 5) is 10.9.